The molecule has 140 valence electrons. The monoisotopic (exact) mass is 430 g/mol. The topological polar surface area (TPSA) is 95.5 Å². The number of hydrogen-bond donors (Lipinski definition) is 3. The lowest BCUT2D eigenvalue weighted by Crippen LogP contribution is -2.35. The average molecular weight is 431 g/mol. The van der Waals surface area contributed by atoms with Gasteiger partial charge in [0.1, 0.15) is 5.70 Å². The Hall–Kier alpha value is -2.93. The van der Waals surface area contributed by atoms with Crippen molar-refractivity contribution < 1.29 is 19.5 Å². The maximum absolute atomic E-state index is 12.5. The SMILES string of the molecule is O=C(O)CCCNC(=O)C(=Cc1cccc(Br)c1)NC(=O)c1ccccc1. The highest BCUT2D eigenvalue weighted by Gasteiger charge is 2.14. The maximum atomic E-state index is 12.5. The second-order valence-electron chi connectivity index (χ2n) is 5.69. The predicted molar refractivity (Wildman–Crippen MR) is 106 cm³/mol. The standard InChI is InChI=1S/C20H19BrN2O4/c21-16-9-4-6-14(12-16)13-17(20(27)22-11-5-10-18(24)25)23-19(26)15-7-2-1-3-8-15/h1-4,6-9,12-13H,5,10-11H2,(H,22,27)(H,23,26)(H,24,25). The molecule has 0 atom stereocenters. The Morgan fingerprint density at radius 3 is 2.44 bits per heavy atom. The number of benzene rings is 2. The number of amides is 2. The lowest BCUT2D eigenvalue weighted by molar-refractivity contribution is -0.137. The van der Waals surface area contributed by atoms with Gasteiger partial charge in [-0.25, -0.2) is 0 Å². The first kappa shape index (κ1) is 20.4. The highest BCUT2D eigenvalue weighted by Crippen LogP contribution is 2.14. The van der Waals surface area contributed by atoms with E-state index in [0.717, 1.165) is 10.0 Å². The first-order valence-corrected chi connectivity index (χ1v) is 9.08. The summed E-state index contributed by atoms with van der Waals surface area (Å²) in [7, 11) is 0. The zero-order chi connectivity index (χ0) is 19.6. The molecule has 0 saturated heterocycles. The molecule has 0 spiro atoms. The Bertz CT molecular complexity index is 850. The second kappa shape index (κ2) is 10.3. The lowest BCUT2D eigenvalue weighted by atomic mass is 10.1. The van der Waals surface area contributed by atoms with E-state index in [0.29, 0.717) is 12.0 Å². The van der Waals surface area contributed by atoms with Gasteiger partial charge in [-0.1, -0.05) is 46.3 Å². The van der Waals surface area contributed by atoms with Crippen LogP contribution in [0.1, 0.15) is 28.8 Å². The highest BCUT2D eigenvalue weighted by atomic mass is 79.9. The van der Waals surface area contributed by atoms with Crippen LogP contribution in [0, 0.1) is 0 Å². The van der Waals surface area contributed by atoms with Crippen LogP contribution in [0.5, 0.6) is 0 Å². The molecule has 0 unspecified atom stereocenters. The Labute approximate surface area is 165 Å². The number of carbonyl (C=O) groups is 3. The molecule has 0 aliphatic heterocycles. The van der Waals surface area contributed by atoms with Crippen molar-refractivity contribution in [2.45, 2.75) is 12.8 Å². The lowest BCUT2D eigenvalue weighted by Gasteiger charge is -2.11. The highest BCUT2D eigenvalue weighted by molar-refractivity contribution is 9.10. The summed E-state index contributed by atoms with van der Waals surface area (Å²) in [5.74, 6) is -1.81. The zero-order valence-corrected chi connectivity index (χ0v) is 16.0. The van der Waals surface area contributed by atoms with Crippen molar-refractivity contribution in [3.05, 3.63) is 75.9 Å². The van der Waals surface area contributed by atoms with Crippen LogP contribution in [0.25, 0.3) is 6.08 Å². The summed E-state index contributed by atoms with van der Waals surface area (Å²) in [6.45, 7) is 0.197. The van der Waals surface area contributed by atoms with E-state index in [1.165, 1.54) is 0 Å². The van der Waals surface area contributed by atoms with Crippen molar-refractivity contribution >= 4 is 39.8 Å². The van der Waals surface area contributed by atoms with E-state index in [1.54, 1.807) is 42.5 Å². The van der Waals surface area contributed by atoms with E-state index in [4.69, 9.17) is 5.11 Å². The number of carboxylic acid groups (broad SMARTS) is 1. The predicted octanol–water partition coefficient (Wildman–Crippen LogP) is 3.20. The minimum absolute atomic E-state index is 0.0403. The van der Waals surface area contributed by atoms with Gasteiger partial charge in [0.05, 0.1) is 0 Å². The molecule has 3 N–H and O–H groups in total. The molecule has 0 radical (unpaired) electrons. The molecule has 0 aromatic heterocycles. The summed E-state index contributed by atoms with van der Waals surface area (Å²) in [5.41, 5.74) is 1.24. The minimum atomic E-state index is -0.925. The van der Waals surface area contributed by atoms with Crippen LogP contribution in [0.2, 0.25) is 0 Å². The summed E-state index contributed by atoms with van der Waals surface area (Å²) >= 11 is 3.37. The van der Waals surface area contributed by atoms with Gasteiger partial charge in [-0.2, -0.15) is 0 Å². The fourth-order valence-corrected chi connectivity index (χ4v) is 2.66. The molecule has 6 nitrogen and oxygen atoms in total. The third-order valence-electron chi connectivity index (χ3n) is 3.54. The van der Waals surface area contributed by atoms with Gasteiger partial charge >= 0.3 is 5.97 Å². The van der Waals surface area contributed by atoms with Crippen LogP contribution >= 0.6 is 15.9 Å². The molecule has 0 heterocycles. The number of carbonyl (C=O) groups excluding carboxylic acids is 2. The van der Waals surface area contributed by atoms with Gasteiger partial charge in [-0.15, -0.1) is 0 Å². The van der Waals surface area contributed by atoms with E-state index >= 15 is 0 Å². The molecule has 2 aromatic rings. The van der Waals surface area contributed by atoms with E-state index in [-0.39, 0.29) is 18.7 Å². The van der Waals surface area contributed by atoms with Gasteiger partial charge in [-0.05, 0) is 42.3 Å². The van der Waals surface area contributed by atoms with Crippen molar-refractivity contribution in [3.63, 3.8) is 0 Å². The van der Waals surface area contributed by atoms with Crippen LogP contribution in [0.4, 0.5) is 0 Å². The quantitative estimate of drug-likeness (QED) is 0.442. The summed E-state index contributed by atoms with van der Waals surface area (Å²) in [6, 6.07) is 15.8. The van der Waals surface area contributed by atoms with E-state index < -0.39 is 17.8 Å². The van der Waals surface area contributed by atoms with E-state index in [1.807, 2.05) is 18.2 Å². The Balaban J connectivity index is 2.16. The molecule has 7 heteroatoms. The molecule has 2 aromatic carbocycles. The van der Waals surface area contributed by atoms with Gasteiger partial charge < -0.3 is 15.7 Å². The van der Waals surface area contributed by atoms with Crippen molar-refractivity contribution in [2.24, 2.45) is 0 Å². The fourth-order valence-electron chi connectivity index (χ4n) is 2.24. The average Bonchev–Trinajstić information content (AvgIpc) is 2.65. The van der Waals surface area contributed by atoms with E-state index in [2.05, 4.69) is 26.6 Å². The largest absolute Gasteiger partial charge is 0.481 e. The molecule has 0 fully saturated rings. The van der Waals surface area contributed by atoms with Gasteiger partial charge in [0.2, 0.25) is 0 Å². The molecule has 0 saturated carbocycles. The normalized spacial score (nSPS) is 10.9. The summed E-state index contributed by atoms with van der Waals surface area (Å²) in [5, 5.41) is 13.9. The molecule has 0 bridgehead atoms. The molecule has 2 rings (SSSR count). The van der Waals surface area contributed by atoms with Gasteiger partial charge in [0.25, 0.3) is 11.8 Å². The fraction of sp³-hybridized carbons (Fsp3) is 0.150. The molecular weight excluding hydrogens is 412 g/mol. The van der Waals surface area contributed by atoms with Crippen LogP contribution in [-0.4, -0.2) is 29.4 Å². The van der Waals surface area contributed by atoms with Crippen LogP contribution in [0.15, 0.2) is 64.8 Å². The number of hydrogen-bond acceptors (Lipinski definition) is 3. The van der Waals surface area contributed by atoms with Crippen LogP contribution in [-0.2, 0) is 9.59 Å². The number of rotatable bonds is 8. The van der Waals surface area contributed by atoms with Crippen molar-refractivity contribution in [1.82, 2.24) is 10.6 Å². The number of halogens is 1. The van der Waals surface area contributed by atoms with E-state index in [9.17, 15) is 14.4 Å². The smallest absolute Gasteiger partial charge is 0.303 e. The molecule has 0 aliphatic carbocycles. The van der Waals surface area contributed by atoms with Gasteiger partial charge in [-0.3, -0.25) is 14.4 Å². The first-order chi connectivity index (χ1) is 13.0. The van der Waals surface area contributed by atoms with Gasteiger partial charge in [0.15, 0.2) is 0 Å². The third-order valence-corrected chi connectivity index (χ3v) is 4.03. The number of aliphatic carboxylic acids is 1. The van der Waals surface area contributed by atoms with Crippen molar-refractivity contribution in [3.8, 4) is 0 Å². The summed E-state index contributed by atoms with van der Waals surface area (Å²) in [4.78, 5) is 35.5. The van der Waals surface area contributed by atoms with Gasteiger partial charge in [0, 0.05) is 23.0 Å². The maximum Gasteiger partial charge on any atom is 0.303 e. The molecular formula is C20H19BrN2O4. The van der Waals surface area contributed by atoms with Crippen LogP contribution in [0.3, 0.4) is 0 Å². The third kappa shape index (κ3) is 7.07. The number of nitrogens with one attached hydrogen (secondary N) is 2. The number of carboxylic acids is 1. The summed E-state index contributed by atoms with van der Waals surface area (Å²) < 4.78 is 0.840. The summed E-state index contributed by atoms with van der Waals surface area (Å²) in [6.07, 6.45) is 1.83. The Kier molecular flexibility index (Phi) is 7.76. The van der Waals surface area contributed by atoms with Crippen molar-refractivity contribution in [1.29, 1.82) is 0 Å². The first-order valence-electron chi connectivity index (χ1n) is 8.29. The molecule has 27 heavy (non-hydrogen) atoms. The Morgan fingerprint density at radius 1 is 1.04 bits per heavy atom. The molecule has 0 aliphatic rings. The Morgan fingerprint density at radius 2 is 1.78 bits per heavy atom. The van der Waals surface area contributed by atoms with Crippen LogP contribution < -0.4 is 10.6 Å². The zero-order valence-electron chi connectivity index (χ0n) is 14.4. The second-order valence-corrected chi connectivity index (χ2v) is 6.60. The minimum Gasteiger partial charge on any atom is -0.481 e. The molecule has 2 amide bonds. The van der Waals surface area contributed by atoms with Crippen molar-refractivity contribution in [2.75, 3.05) is 6.54 Å².